The first-order valence-electron chi connectivity index (χ1n) is 7.26. The molecule has 1 saturated carbocycles. The summed E-state index contributed by atoms with van der Waals surface area (Å²) < 4.78 is 1.94. The largest absolute Gasteiger partial charge is 0.392 e. The summed E-state index contributed by atoms with van der Waals surface area (Å²) in [7, 11) is 0. The molecule has 1 aliphatic rings. The lowest BCUT2D eigenvalue weighted by Gasteiger charge is -2.22. The molecule has 0 amide bonds. The van der Waals surface area contributed by atoms with Crippen LogP contribution in [0.5, 0.6) is 0 Å². The molecule has 1 heterocycles. The minimum Gasteiger partial charge on any atom is -0.392 e. The molecule has 1 fully saturated rings. The fourth-order valence-corrected chi connectivity index (χ4v) is 2.99. The van der Waals surface area contributed by atoms with E-state index in [1.54, 1.807) is 0 Å². The molecule has 2 N–H and O–H groups in total. The lowest BCUT2D eigenvalue weighted by atomic mass is 10.1. The van der Waals surface area contributed by atoms with Gasteiger partial charge in [-0.05, 0) is 26.7 Å². The third-order valence-electron chi connectivity index (χ3n) is 3.96. The van der Waals surface area contributed by atoms with Crippen molar-refractivity contribution in [2.45, 2.75) is 71.2 Å². The summed E-state index contributed by atoms with van der Waals surface area (Å²) in [6.45, 7) is 5.48. The van der Waals surface area contributed by atoms with E-state index in [9.17, 15) is 5.11 Å². The molecular weight excluding hydrogens is 262 g/mol. The lowest BCUT2D eigenvalue weighted by molar-refractivity contribution is 0.119. The van der Waals surface area contributed by atoms with Crippen LogP contribution in [-0.2, 0) is 13.1 Å². The molecule has 0 radical (unpaired) electrons. The molecule has 1 aromatic rings. The number of nitrogens with one attached hydrogen (secondary N) is 1. The van der Waals surface area contributed by atoms with Crippen LogP contribution < -0.4 is 5.32 Å². The zero-order valence-electron chi connectivity index (χ0n) is 11.8. The summed E-state index contributed by atoms with van der Waals surface area (Å²) >= 11 is 6.29. The van der Waals surface area contributed by atoms with E-state index >= 15 is 0 Å². The third kappa shape index (κ3) is 3.50. The Balaban J connectivity index is 2.01. The Bertz CT molecular complexity index is 419. The Labute approximate surface area is 120 Å². The van der Waals surface area contributed by atoms with Crippen LogP contribution in [0.1, 0.15) is 50.4 Å². The van der Waals surface area contributed by atoms with Crippen LogP contribution in [0.2, 0.25) is 5.02 Å². The van der Waals surface area contributed by atoms with Gasteiger partial charge in [0.2, 0.25) is 0 Å². The maximum atomic E-state index is 10.1. The first-order valence-corrected chi connectivity index (χ1v) is 7.64. The number of hydrogen-bond acceptors (Lipinski definition) is 3. The van der Waals surface area contributed by atoms with Gasteiger partial charge in [-0.2, -0.15) is 5.10 Å². The number of rotatable bonds is 4. The normalized spacial score (nSPS) is 24.4. The Morgan fingerprint density at radius 3 is 2.84 bits per heavy atom. The van der Waals surface area contributed by atoms with Crippen molar-refractivity contribution in [3.63, 3.8) is 0 Å². The van der Waals surface area contributed by atoms with Gasteiger partial charge in [0.05, 0.1) is 22.5 Å². The summed E-state index contributed by atoms with van der Waals surface area (Å²) in [5.74, 6) is 0. The van der Waals surface area contributed by atoms with E-state index in [-0.39, 0.29) is 12.1 Å². The van der Waals surface area contributed by atoms with Gasteiger partial charge in [0.25, 0.3) is 0 Å². The minimum absolute atomic E-state index is 0.180. The van der Waals surface area contributed by atoms with Crippen molar-refractivity contribution in [3.8, 4) is 0 Å². The molecule has 0 aliphatic heterocycles. The van der Waals surface area contributed by atoms with Crippen molar-refractivity contribution >= 4 is 11.6 Å². The fraction of sp³-hybridized carbons (Fsp3) is 0.786. The van der Waals surface area contributed by atoms with Crippen molar-refractivity contribution in [2.75, 3.05) is 0 Å². The maximum Gasteiger partial charge on any atom is 0.0860 e. The molecule has 0 spiro atoms. The van der Waals surface area contributed by atoms with E-state index in [2.05, 4.69) is 17.3 Å². The Morgan fingerprint density at radius 2 is 2.11 bits per heavy atom. The van der Waals surface area contributed by atoms with E-state index in [1.165, 1.54) is 12.8 Å². The Hall–Kier alpha value is -0.580. The monoisotopic (exact) mass is 285 g/mol. The lowest BCUT2D eigenvalue weighted by Crippen LogP contribution is -2.39. The van der Waals surface area contributed by atoms with E-state index < -0.39 is 0 Å². The molecule has 2 atom stereocenters. The zero-order chi connectivity index (χ0) is 13.8. The van der Waals surface area contributed by atoms with Gasteiger partial charge >= 0.3 is 0 Å². The van der Waals surface area contributed by atoms with Gasteiger partial charge in [0.1, 0.15) is 0 Å². The van der Waals surface area contributed by atoms with E-state index in [0.29, 0.717) is 6.54 Å². The molecule has 2 unspecified atom stereocenters. The van der Waals surface area contributed by atoms with Gasteiger partial charge in [-0.25, -0.2) is 0 Å². The number of nitrogens with zero attached hydrogens (tertiary/aromatic N) is 2. The molecule has 1 aliphatic carbocycles. The van der Waals surface area contributed by atoms with Crippen LogP contribution >= 0.6 is 11.6 Å². The number of halogens is 1. The van der Waals surface area contributed by atoms with Gasteiger partial charge in [0, 0.05) is 19.1 Å². The molecule has 0 bridgehead atoms. The first kappa shape index (κ1) is 14.8. The zero-order valence-corrected chi connectivity index (χ0v) is 12.6. The summed E-state index contributed by atoms with van der Waals surface area (Å²) in [6.07, 6.45) is 5.25. The quantitative estimate of drug-likeness (QED) is 0.836. The summed E-state index contributed by atoms with van der Waals surface area (Å²) in [5.41, 5.74) is 1.90. The Kier molecular flexibility index (Phi) is 5.25. The molecule has 108 valence electrons. The van der Waals surface area contributed by atoms with Crippen LogP contribution in [-0.4, -0.2) is 27.0 Å². The highest BCUT2D eigenvalue weighted by molar-refractivity contribution is 6.31. The predicted octanol–water partition coefficient (Wildman–Crippen LogP) is 2.65. The van der Waals surface area contributed by atoms with Gasteiger partial charge in [-0.1, -0.05) is 30.9 Å². The van der Waals surface area contributed by atoms with Gasteiger partial charge < -0.3 is 10.4 Å². The van der Waals surface area contributed by atoms with Gasteiger partial charge in [-0.15, -0.1) is 0 Å². The van der Waals surface area contributed by atoms with Gasteiger partial charge in [-0.3, -0.25) is 4.68 Å². The third-order valence-corrected chi connectivity index (χ3v) is 4.46. The second-order valence-corrected chi connectivity index (χ2v) is 5.73. The highest BCUT2D eigenvalue weighted by Gasteiger charge is 2.22. The van der Waals surface area contributed by atoms with E-state index in [1.807, 2.05) is 11.6 Å². The van der Waals surface area contributed by atoms with Crippen LogP contribution in [0.3, 0.4) is 0 Å². The van der Waals surface area contributed by atoms with Gasteiger partial charge in [0.15, 0.2) is 0 Å². The second kappa shape index (κ2) is 6.73. The number of hydrogen-bond donors (Lipinski definition) is 2. The summed E-state index contributed by atoms with van der Waals surface area (Å²) in [6, 6.07) is 0.180. The smallest absolute Gasteiger partial charge is 0.0860 e. The molecule has 19 heavy (non-hydrogen) atoms. The molecular formula is C14H24ClN3O. The molecule has 5 heteroatoms. The molecule has 1 aromatic heterocycles. The molecule has 2 rings (SSSR count). The standard InChI is InChI=1S/C14H24ClN3O/c1-3-18-12(14(15)10(2)17-18)9-16-11-7-5-4-6-8-13(11)19/h11,13,16,19H,3-9H2,1-2H3. The van der Waals surface area contributed by atoms with E-state index in [0.717, 1.165) is 42.2 Å². The number of aliphatic hydroxyl groups excluding tert-OH is 1. The van der Waals surface area contributed by atoms with Crippen molar-refractivity contribution in [1.82, 2.24) is 15.1 Å². The number of aliphatic hydroxyl groups is 1. The summed E-state index contributed by atoms with van der Waals surface area (Å²) in [4.78, 5) is 0. The van der Waals surface area contributed by atoms with E-state index in [4.69, 9.17) is 11.6 Å². The van der Waals surface area contributed by atoms with Crippen molar-refractivity contribution in [1.29, 1.82) is 0 Å². The van der Waals surface area contributed by atoms with Crippen LogP contribution in [0.15, 0.2) is 0 Å². The highest BCUT2D eigenvalue weighted by Crippen LogP contribution is 2.22. The predicted molar refractivity (Wildman–Crippen MR) is 77.4 cm³/mol. The minimum atomic E-state index is -0.236. The average Bonchev–Trinajstić information content (AvgIpc) is 2.56. The summed E-state index contributed by atoms with van der Waals surface area (Å²) in [5, 5.41) is 18.7. The molecule has 0 aromatic carbocycles. The molecule has 4 nitrogen and oxygen atoms in total. The van der Waals surface area contributed by atoms with Crippen molar-refractivity contribution in [2.24, 2.45) is 0 Å². The van der Waals surface area contributed by atoms with Crippen LogP contribution in [0, 0.1) is 6.92 Å². The SMILES string of the molecule is CCn1nc(C)c(Cl)c1CNC1CCCCCC1O. The average molecular weight is 286 g/mol. The Morgan fingerprint density at radius 1 is 1.37 bits per heavy atom. The highest BCUT2D eigenvalue weighted by atomic mass is 35.5. The topological polar surface area (TPSA) is 50.1 Å². The van der Waals surface area contributed by atoms with Crippen molar-refractivity contribution in [3.05, 3.63) is 16.4 Å². The fourth-order valence-electron chi connectivity index (χ4n) is 2.79. The van der Waals surface area contributed by atoms with Crippen LogP contribution in [0.25, 0.3) is 0 Å². The van der Waals surface area contributed by atoms with Crippen molar-refractivity contribution < 1.29 is 5.11 Å². The number of aryl methyl sites for hydroxylation is 2. The van der Waals surface area contributed by atoms with Crippen LogP contribution in [0.4, 0.5) is 0 Å². The second-order valence-electron chi connectivity index (χ2n) is 5.35. The maximum absolute atomic E-state index is 10.1. The molecule has 0 saturated heterocycles. The number of aromatic nitrogens is 2. The first-order chi connectivity index (χ1) is 9.13.